The molecule has 2 saturated heterocycles. The molecule has 1 atom stereocenters. The number of amides is 1. The van der Waals surface area contributed by atoms with Gasteiger partial charge in [-0.15, -0.1) is 0 Å². The summed E-state index contributed by atoms with van der Waals surface area (Å²) in [6, 6.07) is 8.25. The third kappa shape index (κ3) is 3.61. The number of methoxy groups -OCH3 is 1. The van der Waals surface area contributed by atoms with E-state index in [1.807, 2.05) is 17.0 Å². The molecule has 0 spiro atoms. The molecule has 0 saturated carbocycles. The zero-order valence-corrected chi connectivity index (χ0v) is 14.2. The molecule has 2 fully saturated rings. The number of nitrogens with zero attached hydrogens (tertiary/aromatic N) is 3. The number of piperazine rings is 1. The monoisotopic (exact) mass is 317 g/mol. The highest BCUT2D eigenvalue weighted by Crippen LogP contribution is 2.22. The summed E-state index contributed by atoms with van der Waals surface area (Å²) in [4.78, 5) is 19.4. The molecule has 0 bridgehead atoms. The van der Waals surface area contributed by atoms with Crippen LogP contribution in [0.4, 0.5) is 5.69 Å². The van der Waals surface area contributed by atoms with Crippen molar-refractivity contribution in [3.63, 3.8) is 0 Å². The Morgan fingerprint density at radius 1 is 1.04 bits per heavy atom. The van der Waals surface area contributed by atoms with Gasteiger partial charge in [0, 0.05) is 31.9 Å². The van der Waals surface area contributed by atoms with Crippen LogP contribution in [0.1, 0.15) is 19.3 Å². The molecule has 3 rings (SSSR count). The predicted octanol–water partition coefficient (Wildman–Crippen LogP) is 1.83. The van der Waals surface area contributed by atoms with Crippen molar-refractivity contribution in [3.05, 3.63) is 24.3 Å². The van der Waals surface area contributed by atoms with Crippen molar-refractivity contribution < 1.29 is 9.53 Å². The van der Waals surface area contributed by atoms with Gasteiger partial charge in [-0.1, -0.05) is 6.42 Å². The molecule has 0 aliphatic carbocycles. The maximum atomic E-state index is 12.7. The van der Waals surface area contributed by atoms with Gasteiger partial charge in [0.2, 0.25) is 5.91 Å². The number of likely N-dealkylation sites (tertiary alicyclic amines) is 1. The van der Waals surface area contributed by atoms with Crippen LogP contribution in [0.5, 0.6) is 5.75 Å². The standard InChI is InChI=1S/C18H27N3O2/c1-19-10-4-3-5-17(19)18(22)21-13-11-20(12-14-21)15-6-8-16(23-2)9-7-15/h6-9,17H,3-5,10-14H2,1-2H3. The lowest BCUT2D eigenvalue weighted by molar-refractivity contribution is -0.137. The summed E-state index contributed by atoms with van der Waals surface area (Å²) in [5.41, 5.74) is 1.20. The number of carbonyl (C=O) groups excluding carboxylic acids is 1. The fourth-order valence-corrected chi connectivity index (χ4v) is 3.58. The van der Waals surface area contributed by atoms with E-state index < -0.39 is 0 Å². The molecule has 1 amide bonds. The van der Waals surface area contributed by atoms with Crippen molar-refractivity contribution in [3.8, 4) is 5.75 Å². The SMILES string of the molecule is COc1ccc(N2CCN(C(=O)C3CCCCN3C)CC2)cc1. The highest BCUT2D eigenvalue weighted by atomic mass is 16.5. The van der Waals surface area contributed by atoms with E-state index in [9.17, 15) is 4.79 Å². The minimum Gasteiger partial charge on any atom is -0.497 e. The topological polar surface area (TPSA) is 36.0 Å². The number of piperidine rings is 1. The lowest BCUT2D eigenvalue weighted by Gasteiger charge is -2.40. The molecule has 126 valence electrons. The maximum absolute atomic E-state index is 12.7. The number of hydrogen-bond acceptors (Lipinski definition) is 4. The maximum Gasteiger partial charge on any atom is 0.240 e. The largest absolute Gasteiger partial charge is 0.497 e. The van der Waals surface area contributed by atoms with E-state index >= 15 is 0 Å². The average Bonchev–Trinajstić information content (AvgIpc) is 2.62. The average molecular weight is 317 g/mol. The second kappa shape index (κ2) is 7.21. The fraction of sp³-hybridized carbons (Fsp3) is 0.611. The molecule has 5 nitrogen and oxygen atoms in total. The Hall–Kier alpha value is -1.75. The van der Waals surface area contributed by atoms with E-state index in [-0.39, 0.29) is 6.04 Å². The van der Waals surface area contributed by atoms with E-state index in [0.717, 1.165) is 44.9 Å². The van der Waals surface area contributed by atoms with Crippen LogP contribution in [0.3, 0.4) is 0 Å². The number of carbonyl (C=O) groups is 1. The first-order chi connectivity index (χ1) is 11.2. The summed E-state index contributed by atoms with van der Waals surface area (Å²) in [7, 11) is 3.76. The Balaban J connectivity index is 1.56. The number of hydrogen-bond donors (Lipinski definition) is 0. The number of ether oxygens (including phenoxy) is 1. The van der Waals surface area contributed by atoms with Crippen molar-refractivity contribution in [1.82, 2.24) is 9.80 Å². The van der Waals surface area contributed by atoms with Crippen LogP contribution in [0.2, 0.25) is 0 Å². The van der Waals surface area contributed by atoms with Crippen molar-refractivity contribution in [2.24, 2.45) is 0 Å². The Morgan fingerprint density at radius 3 is 2.35 bits per heavy atom. The van der Waals surface area contributed by atoms with Crippen molar-refractivity contribution in [2.45, 2.75) is 25.3 Å². The molecule has 1 unspecified atom stereocenters. The lowest BCUT2D eigenvalue weighted by Crippen LogP contribution is -2.55. The molecule has 2 heterocycles. The fourth-order valence-electron chi connectivity index (χ4n) is 3.58. The molecular formula is C18H27N3O2. The summed E-state index contributed by atoms with van der Waals surface area (Å²) in [5, 5.41) is 0. The smallest absolute Gasteiger partial charge is 0.240 e. The Labute approximate surface area is 138 Å². The van der Waals surface area contributed by atoms with Crippen LogP contribution in [-0.4, -0.2) is 68.6 Å². The van der Waals surface area contributed by atoms with Gasteiger partial charge in [0.05, 0.1) is 13.2 Å². The summed E-state index contributed by atoms with van der Waals surface area (Å²) in [6.45, 7) is 4.47. The zero-order chi connectivity index (χ0) is 16.2. The Kier molecular flexibility index (Phi) is 5.06. The number of benzene rings is 1. The summed E-state index contributed by atoms with van der Waals surface area (Å²) >= 11 is 0. The predicted molar refractivity (Wildman–Crippen MR) is 92.1 cm³/mol. The van der Waals surface area contributed by atoms with Crippen molar-refractivity contribution in [1.29, 1.82) is 0 Å². The molecule has 0 aromatic heterocycles. The van der Waals surface area contributed by atoms with Gasteiger partial charge >= 0.3 is 0 Å². The second-order valence-corrected chi connectivity index (χ2v) is 6.50. The Morgan fingerprint density at radius 2 is 1.74 bits per heavy atom. The first-order valence-corrected chi connectivity index (χ1v) is 8.57. The minimum atomic E-state index is 0.0938. The third-order valence-electron chi connectivity index (χ3n) is 5.08. The summed E-state index contributed by atoms with van der Waals surface area (Å²) in [5.74, 6) is 1.20. The normalized spacial score (nSPS) is 23.0. The van der Waals surface area contributed by atoms with Crippen LogP contribution >= 0.6 is 0 Å². The summed E-state index contributed by atoms with van der Waals surface area (Å²) < 4.78 is 5.21. The molecule has 0 radical (unpaired) electrons. The van der Waals surface area contributed by atoms with Gasteiger partial charge in [0.1, 0.15) is 5.75 Å². The van der Waals surface area contributed by atoms with E-state index in [4.69, 9.17) is 4.74 Å². The van der Waals surface area contributed by atoms with E-state index in [0.29, 0.717) is 5.91 Å². The van der Waals surface area contributed by atoms with E-state index in [1.165, 1.54) is 18.5 Å². The van der Waals surface area contributed by atoms with Gasteiger partial charge < -0.3 is 14.5 Å². The number of likely N-dealkylation sites (N-methyl/N-ethyl adjacent to an activating group) is 1. The van der Waals surface area contributed by atoms with Crippen molar-refractivity contribution >= 4 is 11.6 Å². The zero-order valence-electron chi connectivity index (χ0n) is 14.2. The van der Waals surface area contributed by atoms with Crippen LogP contribution < -0.4 is 9.64 Å². The van der Waals surface area contributed by atoms with Crippen LogP contribution in [0.15, 0.2) is 24.3 Å². The molecular weight excluding hydrogens is 290 g/mol. The van der Waals surface area contributed by atoms with Gasteiger partial charge in [-0.25, -0.2) is 0 Å². The molecule has 23 heavy (non-hydrogen) atoms. The minimum absolute atomic E-state index is 0.0938. The van der Waals surface area contributed by atoms with E-state index in [1.54, 1.807) is 7.11 Å². The van der Waals surface area contributed by atoms with E-state index in [2.05, 4.69) is 29.0 Å². The lowest BCUT2D eigenvalue weighted by atomic mass is 10.0. The molecule has 0 N–H and O–H groups in total. The van der Waals surface area contributed by atoms with Gasteiger partial charge in [-0.3, -0.25) is 9.69 Å². The number of anilines is 1. The first-order valence-electron chi connectivity index (χ1n) is 8.57. The van der Waals surface area contributed by atoms with Crippen LogP contribution in [0, 0.1) is 0 Å². The van der Waals surface area contributed by atoms with Gasteiger partial charge in [0.25, 0.3) is 0 Å². The first kappa shape index (κ1) is 16.1. The molecule has 2 aliphatic heterocycles. The summed E-state index contributed by atoms with van der Waals surface area (Å²) in [6.07, 6.45) is 3.39. The van der Waals surface area contributed by atoms with Gasteiger partial charge in [-0.05, 0) is 50.7 Å². The third-order valence-corrected chi connectivity index (χ3v) is 5.08. The van der Waals surface area contributed by atoms with Crippen LogP contribution in [-0.2, 0) is 4.79 Å². The molecule has 2 aliphatic rings. The quantitative estimate of drug-likeness (QED) is 0.852. The molecule has 1 aromatic carbocycles. The van der Waals surface area contributed by atoms with Crippen LogP contribution in [0.25, 0.3) is 0 Å². The second-order valence-electron chi connectivity index (χ2n) is 6.50. The van der Waals surface area contributed by atoms with Crippen molar-refractivity contribution in [2.75, 3.05) is 51.8 Å². The van der Waals surface area contributed by atoms with Gasteiger partial charge in [0.15, 0.2) is 0 Å². The highest BCUT2D eigenvalue weighted by molar-refractivity contribution is 5.82. The highest BCUT2D eigenvalue weighted by Gasteiger charge is 2.31. The van der Waals surface area contributed by atoms with Gasteiger partial charge in [-0.2, -0.15) is 0 Å². The number of rotatable bonds is 3. The molecule has 1 aromatic rings. The Bertz CT molecular complexity index is 524. The molecule has 5 heteroatoms.